The van der Waals surface area contributed by atoms with Gasteiger partial charge in [-0.25, -0.2) is 0 Å². The molecule has 0 aromatic rings. The lowest BCUT2D eigenvalue weighted by Crippen LogP contribution is -2.33. The smallest absolute Gasteiger partial charge is 0.0180 e. The Hall–Kier alpha value is -0.340. The third-order valence-corrected chi connectivity index (χ3v) is 2.76. The summed E-state index contributed by atoms with van der Waals surface area (Å²) in [5.41, 5.74) is 5.83. The Kier molecular flexibility index (Phi) is 1.96. The molecule has 1 atom stereocenters. The predicted molar refractivity (Wildman–Crippen MR) is 46.3 cm³/mol. The molecular weight excluding hydrogens is 136 g/mol. The van der Waals surface area contributed by atoms with Gasteiger partial charge in [-0.2, -0.15) is 0 Å². The Bertz CT molecular complexity index is 157. The van der Waals surface area contributed by atoms with Crippen molar-refractivity contribution in [2.75, 3.05) is 13.1 Å². The third kappa shape index (κ3) is 1.47. The lowest BCUT2D eigenvalue weighted by molar-refractivity contribution is 0.249. The zero-order valence-electron chi connectivity index (χ0n) is 6.87. The van der Waals surface area contributed by atoms with E-state index in [0.717, 1.165) is 12.6 Å². The van der Waals surface area contributed by atoms with Crippen LogP contribution >= 0.6 is 0 Å². The quantitative estimate of drug-likeness (QED) is 0.561. The van der Waals surface area contributed by atoms with Crippen LogP contribution in [0.1, 0.15) is 19.3 Å². The molecule has 1 saturated heterocycles. The minimum atomic E-state index is 0.440. The molecule has 1 fully saturated rings. The average Bonchev–Trinajstić information content (AvgIpc) is 2.55. The van der Waals surface area contributed by atoms with Crippen molar-refractivity contribution in [3.63, 3.8) is 0 Å². The van der Waals surface area contributed by atoms with Crippen molar-refractivity contribution in [2.45, 2.75) is 31.3 Å². The molecule has 2 N–H and O–H groups in total. The molecule has 0 bridgehead atoms. The first kappa shape index (κ1) is 7.32. The largest absolute Gasteiger partial charge is 0.326 e. The minimum Gasteiger partial charge on any atom is -0.326 e. The Morgan fingerprint density at radius 2 is 2.00 bits per heavy atom. The van der Waals surface area contributed by atoms with Crippen LogP contribution in [0.5, 0.6) is 0 Å². The van der Waals surface area contributed by atoms with E-state index in [1.807, 2.05) is 0 Å². The summed E-state index contributed by atoms with van der Waals surface area (Å²) in [5.74, 6) is 0. The molecule has 2 rings (SSSR count). The average molecular weight is 152 g/mol. The number of likely N-dealkylation sites (tertiary alicyclic amines) is 1. The van der Waals surface area contributed by atoms with Gasteiger partial charge in [0.2, 0.25) is 0 Å². The van der Waals surface area contributed by atoms with Crippen LogP contribution in [-0.4, -0.2) is 30.1 Å². The fourth-order valence-corrected chi connectivity index (χ4v) is 2.05. The van der Waals surface area contributed by atoms with Crippen molar-refractivity contribution < 1.29 is 0 Å². The van der Waals surface area contributed by atoms with E-state index in [2.05, 4.69) is 17.1 Å². The van der Waals surface area contributed by atoms with Crippen LogP contribution in [0.15, 0.2) is 12.2 Å². The van der Waals surface area contributed by atoms with Gasteiger partial charge < -0.3 is 5.73 Å². The highest BCUT2D eigenvalue weighted by Gasteiger charge is 2.25. The summed E-state index contributed by atoms with van der Waals surface area (Å²) >= 11 is 0. The molecule has 0 aromatic heterocycles. The van der Waals surface area contributed by atoms with E-state index in [9.17, 15) is 0 Å². The fraction of sp³-hybridized carbons (Fsp3) is 0.778. The lowest BCUT2D eigenvalue weighted by Gasteiger charge is -2.22. The maximum absolute atomic E-state index is 5.83. The Morgan fingerprint density at radius 1 is 1.27 bits per heavy atom. The second-order valence-electron chi connectivity index (χ2n) is 3.64. The Balaban J connectivity index is 1.86. The van der Waals surface area contributed by atoms with Crippen LogP contribution in [0.2, 0.25) is 0 Å². The highest BCUT2D eigenvalue weighted by Crippen LogP contribution is 2.20. The summed E-state index contributed by atoms with van der Waals surface area (Å²) in [5, 5.41) is 0. The number of nitrogens with zero attached hydrogens (tertiary/aromatic N) is 1. The van der Waals surface area contributed by atoms with Gasteiger partial charge in [-0.1, -0.05) is 12.2 Å². The van der Waals surface area contributed by atoms with Crippen molar-refractivity contribution in [2.24, 2.45) is 5.73 Å². The molecule has 1 unspecified atom stereocenters. The molecule has 0 radical (unpaired) electrons. The van der Waals surface area contributed by atoms with Gasteiger partial charge in [-0.15, -0.1) is 0 Å². The maximum atomic E-state index is 5.83. The van der Waals surface area contributed by atoms with Crippen LogP contribution in [-0.2, 0) is 0 Å². The summed E-state index contributed by atoms with van der Waals surface area (Å²) < 4.78 is 0. The second kappa shape index (κ2) is 2.95. The highest BCUT2D eigenvalue weighted by molar-refractivity contribution is 5.00. The summed E-state index contributed by atoms with van der Waals surface area (Å²) in [6, 6.07) is 1.22. The van der Waals surface area contributed by atoms with Gasteiger partial charge in [0.15, 0.2) is 0 Å². The van der Waals surface area contributed by atoms with Crippen molar-refractivity contribution in [3.8, 4) is 0 Å². The van der Waals surface area contributed by atoms with E-state index in [4.69, 9.17) is 5.73 Å². The first-order valence-electron chi connectivity index (χ1n) is 4.51. The van der Waals surface area contributed by atoms with Crippen LogP contribution in [0.4, 0.5) is 0 Å². The molecule has 1 heterocycles. The van der Waals surface area contributed by atoms with Crippen molar-refractivity contribution in [1.29, 1.82) is 0 Å². The van der Waals surface area contributed by atoms with Gasteiger partial charge in [0, 0.05) is 25.2 Å². The molecule has 0 saturated carbocycles. The normalized spacial score (nSPS) is 33.7. The molecule has 0 amide bonds. The monoisotopic (exact) mass is 152 g/mol. The van der Waals surface area contributed by atoms with E-state index in [0.29, 0.717) is 6.04 Å². The molecule has 0 spiro atoms. The molecule has 62 valence electrons. The van der Waals surface area contributed by atoms with E-state index >= 15 is 0 Å². The summed E-state index contributed by atoms with van der Waals surface area (Å²) in [6.45, 7) is 2.33. The lowest BCUT2D eigenvalue weighted by atomic mass is 10.2. The van der Waals surface area contributed by atoms with Gasteiger partial charge in [-0.05, 0) is 19.3 Å². The number of hydrogen-bond donors (Lipinski definition) is 1. The standard InChI is InChI=1S/C9H16N2/c10-8-5-6-11(7-8)9-3-1-2-4-9/h1-2,8-9H,3-7,10H2. The summed E-state index contributed by atoms with van der Waals surface area (Å²) in [7, 11) is 0. The molecular formula is C9H16N2. The van der Waals surface area contributed by atoms with E-state index < -0.39 is 0 Å². The van der Waals surface area contributed by atoms with Crippen molar-refractivity contribution >= 4 is 0 Å². The zero-order chi connectivity index (χ0) is 7.68. The molecule has 1 aliphatic heterocycles. The Labute approximate surface area is 68.1 Å². The number of nitrogens with two attached hydrogens (primary N) is 1. The molecule has 2 aliphatic rings. The first-order valence-corrected chi connectivity index (χ1v) is 4.51. The van der Waals surface area contributed by atoms with Crippen LogP contribution < -0.4 is 5.73 Å². The molecule has 11 heavy (non-hydrogen) atoms. The molecule has 0 aromatic carbocycles. The van der Waals surface area contributed by atoms with Crippen LogP contribution in [0.25, 0.3) is 0 Å². The van der Waals surface area contributed by atoms with Gasteiger partial charge >= 0.3 is 0 Å². The van der Waals surface area contributed by atoms with E-state index in [1.54, 1.807) is 0 Å². The number of rotatable bonds is 1. The van der Waals surface area contributed by atoms with Gasteiger partial charge in [0.05, 0.1) is 0 Å². The second-order valence-corrected chi connectivity index (χ2v) is 3.64. The van der Waals surface area contributed by atoms with Crippen LogP contribution in [0.3, 0.4) is 0 Å². The number of hydrogen-bond acceptors (Lipinski definition) is 2. The van der Waals surface area contributed by atoms with Crippen molar-refractivity contribution in [3.05, 3.63) is 12.2 Å². The highest BCUT2D eigenvalue weighted by atomic mass is 15.2. The van der Waals surface area contributed by atoms with Gasteiger partial charge in [0.25, 0.3) is 0 Å². The van der Waals surface area contributed by atoms with E-state index in [-0.39, 0.29) is 0 Å². The third-order valence-electron chi connectivity index (χ3n) is 2.76. The fourth-order valence-electron chi connectivity index (χ4n) is 2.05. The van der Waals surface area contributed by atoms with Crippen molar-refractivity contribution in [1.82, 2.24) is 4.90 Å². The molecule has 2 heteroatoms. The Morgan fingerprint density at radius 3 is 2.55 bits per heavy atom. The SMILES string of the molecule is NC1CCN(C2CC=CC2)C1. The maximum Gasteiger partial charge on any atom is 0.0180 e. The first-order chi connectivity index (χ1) is 5.36. The topological polar surface area (TPSA) is 29.3 Å². The van der Waals surface area contributed by atoms with Crippen LogP contribution in [0, 0.1) is 0 Å². The van der Waals surface area contributed by atoms with Gasteiger partial charge in [-0.3, -0.25) is 4.90 Å². The van der Waals surface area contributed by atoms with Gasteiger partial charge in [0.1, 0.15) is 0 Å². The minimum absolute atomic E-state index is 0.440. The predicted octanol–water partition coefficient (Wildman–Crippen LogP) is 0.738. The summed E-state index contributed by atoms with van der Waals surface area (Å²) in [4.78, 5) is 2.53. The zero-order valence-corrected chi connectivity index (χ0v) is 6.87. The summed E-state index contributed by atoms with van der Waals surface area (Å²) in [6.07, 6.45) is 8.25. The molecule has 1 aliphatic carbocycles. The molecule has 2 nitrogen and oxygen atoms in total. The van der Waals surface area contributed by atoms with E-state index in [1.165, 1.54) is 25.8 Å².